The Labute approximate surface area is 113 Å². The van der Waals surface area contributed by atoms with E-state index in [4.69, 9.17) is 4.98 Å². The second-order valence-electron chi connectivity index (χ2n) is 4.88. The molecule has 0 bridgehead atoms. The normalized spacial score (nSPS) is 12.0. The Kier molecular flexibility index (Phi) is 1.65. The lowest BCUT2D eigenvalue weighted by Gasteiger charge is -2.00. The summed E-state index contributed by atoms with van der Waals surface area (Å²) in [5.74, 6) is 0. The van der Waals surface area contributed by atoms with E-state index in [2.05, 4.69) is 34.3 Å². The summed E-state index contributed by atoms with van der Waals surface area (Å²) in [7, 11) is 0. The van der Waals surface area contributed by atoms with Crippen LogP contribution in [0.25, 0.3) is 33.1 Å². The number of aromatic amines is 1. The lowest BCUT2D eigenvalue weighted by atomic mass is 10.1. The van der Waals surface area contributed by atoms with Crippen LogP contribution in [-0.4, -0.2) is 19.6 Å². The van der Waals surface area contributed by atoms with Gasteiger partial charge in [0.25, 0.3) is 0 Å². The van der Waals surface area contributed by atoms with E-state index in [1.54, 1.807) is 0 Å². The molecule has 20 heavy (non-hydrogen) atoms. The van der Waals surface area contributed by atoms with Gasteiger partial charge in [-0.05, 0) is 22.9 Å². The van der Waals surface area contributed by atoms with Crippen molar-refractivity contribution in [3.63, 3.8) is 0 Å². The van der Waals surface area contributed by atoms with Gasteiger partial charge in [0.1, 0.15) is 0 Å². The molecular formula is C15H10N5+. The third-order valence-corrected chi connectivity index (χ3v) is 3.64. The number of fused-ring (bicyclic) bond motifs is 5. The molecule has 3 heterocycles. The fourth-order valence-corrected chi connectivity index (χ4v) is 2.69. The number of aromatic nitrogens is 5. The Bertz CT molecular complexity index is 1100. The zero-order valence-electron chi connectivity index (χ0n) is 10.5. The monoisotopic (exact) mass is 260 g/mol. The maximum absolute atomic E-state index is 4.74. The van der Waals surface area contributed by atoms with Crippen LogP contribution in [0.2, 0.25) is 0 Å². The van der Waals surface area contributed by atoms with Crippen LogP contribution < -0.4 is 4.63 Å². The van der Waals surface area contributed by atoms with Gasteiger partial charge in [0.2, 0.25) is 17.5 Å². The number of benzene rings is 2. The van der Waals surface area contributed by atoms with Crippen molar-refractivity contribution < 1.29 is 4.63 Å². The zero-order chi connectivity index (χ0) is 13.1. The highest BCUT2D eigenvalue weighted by Gasteiger charge is 2.13. The summed E-state index contributed by atoms with van der Waals surface area (Å²) >= 11 is 0. The van der Waals surface area contributed by atoms with Crippen molar-refractivity contribution in [1.29, 1.82) is 0 Å². The minimum Gasteiger partial charge on any atom is -0.221 e. The van der Waals surface area contributed by atoms with Gasteiger partial charge in [-0.3, -0.25) is 0 Å². The lowest BCUT2D eigenvalue weighted by Crippen LogP contribution is -2.26. The first-order valence-corrected chi connectivity index (χ1v) is 6.46. The molecule has 0 aliphatic heterocycles. The van der Waals surface area contributed by atoms with Gasteiger partial charge in [0.15, 0.2) is 0 Å². The Morgan fingerprint density at radius 3 is 2.50 bits per heavy atom. The lowest BCUT2D eigenvalue weighted by molar-refractivity contribution is -0.669. The van der Waals surface area contributed by atoms with Crippen LogP contribution in [0.5, 0.6) is 0 Å². The molecule has 0 unspecified atom stereocenters. The first kappa shape index (κ1) is 9.91. The molecule has 0 spiro atoms. The van der Waals surface area contributed by atoms with Gasteiger partial charge in [-0.25, -0.2) is 9.97 Å². The summed E-state index contributed by atoms with van der Waals surface area (Å²) in [6.07, 6.45) is 3.89. The van der Waals surface area contributed by atoms with Gasteiger partial charge < -0.3 is 0 Å². The molecule has 0 amide bonds. The molecule has 3 aromatic heterocycles. The summed E-state index contributed by atoms with van der Waals surface area (Å²) < 4.78 is 3.81. The quantitative estimate of drug-likeness (QED) is 0.342. The van der Waals surface area contributed by atoms with Crippen LogP contribution in [0.1, 0.15) is 0 Å². The van der Waals surface area contributed by atoms with Crippen LogP contribution in [-0.2, 0) is 0 Å². The van der Waals surface area contributed by atoms with Crippen molar-refractivity contribution in [3.05, 3.63) is 54.9 Å². The number of hydrogen-bond donors (Lipinski definition) is 1. The molecule has 94 valence electrons. The van der Waals surface area contributed by atoms with Crippen molar-refractivity contribution in [1.82, 2.24) is 19.6 Å². The van der Waals surface area contributed by atoms with Crippen molar-refractivity contribution >= 4 is 33.1 Å². The van der Waals surface area contributed by atoms with Gasteiger partial charge in [0, 0.05) is 10.7 Å². The Morgan fingerprint density at radius 2 is 1.70 bits per heavy atom. The van der Waals surface area contributed by atoms with E-state index in [0.717, 1.165) is 22.3 Å². The topological polar surface area (TPSA) is 50.1 Å². The fourth-order valence-electron chi connectivity index (χ4n) is 2.69. The van der Waals surface area contributed by atoms with Crippen LogP contribution in [0.15, 0.2) is 54.9 Å². The van der Waals surface area contributed by atoms with E-state index in [1.807, 2.05) is 39.7 Å². The predicted molar refractivity (Wildman–Crippen MR) is 75.5 cm³/mol. The Balaban J connectivity index is 2.01. The summed E-state index contributed by atoms with van der Waals surface area (Å²) in [5.41, 5.74) is 3.43. The maximum atomic E-state index is 4.74. The van der Waals surface area contributed by atoms with Gasteiger partial charge >= 0.3 is 0 Å². The number of nitrogens with zero attached hydrogens (tertiary/aromatic N) is 4. The molecule has 1 N–H and O–H groups in total. The highest BCUT2D eigenvalue weighted by molar-refractivity contribution is 5.96. The largest absolute Gasteiger partial charge is 0.245 e. The van der Waals surface area contributed by atoms with Crippen molar-refractivity contribution in [2.24, 2.45) is 0 Å². The Hall–Kier alpha value is -2.95. The fraction of sp³-hybridized carbons (Fsp3) is 0. The Morgan fingerprint density at radius 1 is 0.950 bits per heavy atom. The van der Waals surface area contributed by atoms with Crippen molar-refractivity contribution in [3.8, 4) is 0 Å². The van der Waals surface area contributed by atoms with E-state index >= 15 is 0 Å². The minimum absolute atomic E-state index is 0.786. The van der Waals surface area contributed by atoms with Gasteiger partial charge in [-0.15, -0.1) is 5.10 Å². The second-order valence-corrected chi connectivity index (χ2v) is 4.88. The number of nitrogens with one attached hydrogen (secondary N) is 1. The molecular weight excluding hydrogens is 250 g/mol. The van der Waals surface area contributed by atoms with Crippen LogP contribution in [0, 0.1) is 0 Å². The van der Waals surface area contributed by atoms with E-state index in [9.17, 15) is 0 Å². The molecule has 0 atom stereocenters. The maximum Gasteiger partial charge on any atom is 0.245 e. The molecule has 0 fully saturated rings. The van der Waals surface area contributed by atoms with Crippen LogP contribution >= 0.6 is 0 Å². The molecule has 5 rings (SSSR count). The van der Waals surface area contributed by atoms with E-state index in [-0.39, 0.29) is 0 Å². The summed E-state index contributed by atoms with van der Waals surface area (Å²) in [5, 5.41) is 5.57. The number of H-pyrrole nitrogens is 1. The molecule has 5 nitrogen and oxygen atoms in total. The molecule has 0 aliphatic rings. The third kappa shape index (κ3) is 1.19. The van der Waals surface area contributed by atoms with E-state index in [1.165, 1.54) is 10.8 Å². The molecule has 5 heteroatoms. The average Bonchev–Trinajstić information content (AvgIpc) is 3.03. The SMILES string of the molecule is c1ccc2cc3nc4c(nc3cc2c1)[nH][n+]1cccn41. The first-order valence-electron chi connectivity index (χ1n) is 6.46. The smallest absolute Gasteiger partial charge is 0.221 e. The highest BCUT2D eigenvalue weighted by atomic mass is 15.5. The van der Waals surface area contributed by atoms with Gasteiger partial charge in [0.05, 0.1) is 17.2 Å². The van der Waals surface area contributed by atoms with Crippen LogP contribution in [0.4, 0.5) is 0 Å². The average molecular weight is 260 g/mol. The van der Waals surface area contributed by atoms with Gasteiger partial charge in [-0.2, -0.15) is 0 Å². The summed E-state index contributed by atoms with van der Waals surface area (Å²) in [4.78, 5) is 9.41. The van der Waals surface area contributed by atoms with Crippen molar-refractivity contribution in [2.45, 2.75) is 0 Å². The standard InChI is InChI=1S/C15H10N5/c1-2-5-11-9-13-12(8-10(11)4-1)16-14-15(17-13)19-6-3-7-20(19)18-14/h1-9H,(H,16,18)/q+1. The minimum atomic E-state index is 0.786. The number of hydrogen-bond acceptors (Lipinski definition) is 2. The van der Waals surface area contributed by atoms with Crippen LogP contribution in [0.3, 0.4) is 0 Å². The molecule has 0 saturated carbocycles. The second kappa shape index (κ2) is 3.33. The molecule has 2 aromatic carbocycles. The first-order chi connectivity index (χ1) is 9.88. The molecule has 5 aromatic rings. The molecule has 0 radical (unpaired) electrons. The third-order valence-electron chi connectivity index (χ3n) is 3.64. The predicted octanol–water partition coefficient (Wildman–Crippen LogP) is 2.10. The highest BCUT2D eigenvalue weighted by Crippen LogP contribution is 2.21. The summed E-state index contributed by atoms with van der Waals surface area (Å²) in [6, 6.07) is 14.4. The van der Waals surface area contributed by atoms with Crippen molar-refractivity contribution in [2.75, 3.05) is 0 Å². The zero-order valence-corrected chi connectivity index (χ0v) is 10.5. The molecule has 0 saturated heterocycles. The molecule has 0 aliphatic carbocycles. The number of rotatable bonds is 0. The summed E-state index contributed by atoms with van der Waals surface area (Å²) in [6.45, 7) is 0. The van der Waals surface area contributed by atoms with E-state index < -0.39 is 0 Å². The van der Waals surface area contributed by atoms with Gasteiger partial charge in [-0.1, -0.05) is 28.8 Å². The van der Waals surface area contributed by atoms with E-state index in [0.29, 0.717) is 0 Å².